The number of rotatable bonds is 3. The van der Waals surface area contributed by atoms with Crippen molar-refractivity contribution in [3.8, 4) is 0 Å². The number of hydrogen-bond donors (Lipinski definition) is 1. The highest BCUT2D eigenvalue weighted by Gasteiger charge is 2.30. The Morgan fingerprint density at radius 3 is 2.70 bits per heavy atom. The molecule has 33 heavy (non-hydrogen) atoms. The normalized spacial score (nSPS) is 25.2. The number of aryl methyl sites for hydroxylation is 1. The first kappa shape index (κ1) is 20.9. The lowest BCUT2D eigenvalue weighted by molar-refractivity contribution is 0.674. The fourth-order valence-electron chi connectivity index (χ4n) is 4.85. The molecule has 172 valence electrons. The van der Waals surface area contributed by atoms with E-state index in [1.165, 1.54) is 5.56 Å². The van der Waals surface area contributed by atoms with Gasteiger partial charge in [0.15, 0.2) is 0 Å². The largest absolute Gasteiger partial charge is 0.354 e. The third-order valence-corrected chi connectivity index (χ3v) is 9.27. The summed E-state index contributed by atoms with van der Waals surface area (Å²) >= 11 is 0. The molecule has 7 nitrogen and oxygen atoms in total. The van der Waals surface area contributed by atoms with Crippen LogP contribution in [0.25, 0.3) is 10.9 Å². The maximum atomic E-state index is 14.0. The number of aromatic nitrogens is 2. The summed E-state index contributed by atoms with van der Waals surface area (Å²) in [5.74, 6) is 2.14. The number of benzene rings is 2. The molecule has 3 heterocycles. The van der Waals surface area contributed by atoms with E-state index in [-0.39, 0.29) is 12.1 Å². The number of nitrogens with two attached hydrogens (primary N) is 1. The molecular weight excluding hydrogens is 432 g/mol. The molecule has 1 aromatic heterocycles. The first-order valence-electron chi connectivity index (χ1n) is 11.8. The van der Waals surface area contributed by atoms with Gasteiger partial charge in [-0.2, -0.15) is 4.98 Å². The fraction of sp³-hybridized carbons (Fsp3) is 0.440. The van der Waals surface area contributed by atoms with Crippen molar-refractivity contribution >= 4 is 32.4 Å². The summed E-state index contributed by atoms with van der Waals surface area (Å²) in [6.45, 7) is 5.04. The van der Waals surface area contributed by atoms with Crippen molar-refractivity contribution in [2.75, 3.05) is 35.2 Å². The van der Waals surface area contributed by atoms with Gasteiger partial charge in [-0.3, -0.25) is 0 Å². The second-order valence-corrected chi connectivity index (χ2v) is 11.9. The lowest BCUT2D eigenvalue weighted by atomic mass is 10.1. The molecule has 2 atom stereocenters. The van der Waals surface area contributed by atoms with Crippen LogP contribution in [0, 0.1) is 6.92 Å². The maximum absolute atomic E-state index is 14.0. The second kappa shape index (κ2) is 7.95. The third-order valence-electron chi connectivity index (χ3n) is 6.81. The van der Waals surface area contributed by atoms with Gasteiger partial charge in [-0.15, -0.1) is 0 Å². The summed E-state index contributed by atoms with van der Waals surface area (Å²) in [5.41, 5.74) is 9.41. The molecule has 0 spiro atoms. The number of fused-ring (bicyclic) bond motifs is 2. The first-order chi connectivity index (χ1) is 16.0. The highest BCUT2D eigenvalue weighted by atomic mass is 32.2. The Kier molecular flexibility index (Phi) is 5.03. The standard InChI is InChI=1S/C25H30N6OS/c1-17-6-9-22-21(14-17)24(30-11-10-19(26)16-30)28-25(27-22)31-12-13-33(32,29-20-7-8-20)23-5-3-2-4-18(23)15-31/h2-6,9,14,19-20H,7-8,10-13,15-16,26H2,1H3/t19-,33?/m0/s1. The van der Waals surface area contributed by atoms with Crippen LogP contribution in [0.15, 0.2) is 51.7 Å². The SMILES string of the molecule is Cc1ccc2nc(N3CCS(=O)(=NC4CC4)c4ccccc4C3)nc(N3CC[C@H](N)C3)c2c1. The van der Waals surface area contributed by atoms with Gasteiger partial charge in [0.2, 0.25) is 5.95 Å². The molecule has 3 aromatic rings. The van der Waals surface area contributed by atoms with E-state index < -0.39 is 9.73 Å². The molecule has 8 heteroatoms. The van der Waals surface area contributed by atoms with Gasteiger partial charge in [-0.25, -0.2) is 13.6 Å². The highest BCUT2D eigenvalue weighted by Crippen LogP contribution is 2.34. The summed E-state index contributed by atoms with van der Waals surface area (Å²) in [5, 5.41) is 1.07. The monoisotopic (exact) mass is 462 g/mol. The fourth-order valence-corrected chi connectivity index (χ4v) is 7.28. The number of anilines is 2. The van der Waals surface area contributed by atoms with Crippen molar-refractivity contribution in [1.29, 1.82) is 0 Å². The van der Waals surface area contributed by atoms with E-state index in [2.05, 4.69) is 41.0 Å². The van der Waals surface area contributed by atoms with Gasteiger partial charge in [0.25, 0.3) is 0 Å². The average molecular weight is 463 g/mol. The summed E-state index contributed by atoms with van der Waals surface area (Å²) in [6, 6.07) is 14.8. The summed E-state index contributed by atoms with van der Waals surface area (Å²) in [4.78, 5) is 15.4. The van der Waals surface area contributed by atoms with Gasteiger partial charge >= 0.3 is 0 Å². The van der Waals surface area contributed by atoms with Gasteiger partial charge in [0.05, 0.1) is 31.9 Å². The van der Waals surface area contributed by atoms with E-state index in [0.717, 1.165) is 59.5 Å². The van der Waals surface area contributed by atoms with Gasteiger partial charge in [0.1, 0.15) is 5.82 Å². The van der Waals surface area contributed by atoms with Gasteiger partial charge in [-0.1, -0.05) is 29.8 Å². The summed E-state index contributed by atoms with van der Waals surface area (Å²) < 4.78 is 18.8. The van der Waals surface area contributed by atoms with Crippen LogP contribution in [0.4, 0.5) is 11.8 Å². The Morgan fingerprint density at radius 1 is 1.06 bits per heavy atom. The van der Waals surface area contributed by atoms with Crippen LogP contribution >= 0.6 is 0 Å². The molecule has 1 aliphatic carbocycles. The minimum atomic E-state index is -2.44. The van der Waals surface area contributed by atoms with E-state index in [9.17, 15) is 4.21 Å². The van der Waals surface area contributed by atoms with Crippen molar-refractivity contribution in [3.05, 3.63) is 53.6 Å². The van der Waals surface area contributed by atoms with Crippen LogP contribution in [-0.2, 0) is 16.3 Å². The molecule has 2 aliphatic heterocycles. The Morgan fingerprint density at radius 2 is 1.91 bits per heavy atom. The molecule has 6 rings (SSSR count). The molecule has 2 N–H and O–H groups in total. The van der Waals surface area contributed by atoms with E-state index >= 15 is 0 Å². The average Bonchev–Trinajstić information content (AvgIpc) is 3.54. The summed E-state index contributed by atoms with van der Waals surface area (Å²) in [7, 11) is -2.44. The Bertz CT molecular complexity index is 1340. The minimum Gasteiger partial charge on any atom is -0.354 e. The molecule has 2 fully saturated rings. The molecule has 0 radical (unpaired) electrons. The molecule has 3 aliphatic rings. The molecule has 1 saturated carbocycles. The maximum Gasteiger partial charge on any atom is 0.228 e. The van der Waals surface area contributed by atoms with Crippen LogP contribution in [0.2, 0.25) is 0 Å². The lowest BCUT2D eigenvalue weighted by Gasteiger charge is -2.25. The number of hydrogen-bond acceptors (Lipinski definition) is 7. The van der Waals surface area contributed by atoms with Crippen molar-refractivity contribution in [2.45, 2.75) is 49.7 Å². The van der Waals surface area contributed by atoms with Gasteiger partial charge in [-0.05, 0) is 49.9 Å². The lowest BCUT2D eigenvalue weighted by Crippen LogP contribution is -2.30. The van der Waals surface area contributed by atoms with Gasteiger partial charge in [0, 0.05) is 37.6 Å². The van der Waals surface area contributed by atoms with Crippen LogP contribution in [0.5, 0.6) is 0 Å². The molecule has 2 aromatic carbocycles. The Labute approximate surface area is 195 Å². The van der Waals surface area contributed by atoms with Crippen LogP contribution in [0.3, 0.4) is 0 Å². The molecule has 0 bridgehead atoms. The van der Waals surface area contributed by atoms with Crippen LogP contribution in [-0.4, -0.2) is 51.6 Å². The Balaban J connectivity index is 1.45. The van der Waals surface area contributed by atoms with Crippen molar-refractivity contribution in [3.63, 3.8) is 0 Å². The zero-order valence-corrected chi connectivity index (χ0v) is 19.8. The molecule has 1 unspecified atom stereocenters. The first-order valence-corrected chi connectivity index (χ1v) is 13.5. The predicted molar refractivity (Wildman–Crippen MR) is 133 cm³/mol. The zero-order chi connectivity index (χ0) is 22.6. The smallest absolute Gasteiger partial charge is 0.228 e. The second-order valence-electron chi connectivity index (χ2n) is 9.57. The summed E-state index contributed by atoms with van der Waals surface area (Å²) in [6.07, 6.45) is 3.07. The topological polar surface area (TPSA) is 87.7 Å². The van der Waals surface area contributed by atoms with E-state index in [4.69, 9.17) is 20.1 Å². The van der Waals surface area contributed by atoms with E-state index in [1.54, 1.807) is 0 Å². The van der Waals surface area contributed by atoms with E-state index in [0.29, 0.717) is 24.8 Å². The molecule has 0 amide bonds. The quantitative estimate of drug-likeness (QED) is 0.641. The minimum absolute atomic E-state index is 0.169. The van der Waals surface area contributed by atoms with Crippen molar-refractivity contribution in [1.82, 2.24) is 9.97 Å². The van der Waals surface area contributed by atoms with Crippen molar-refractivity contribution in [2.24, 2.45) is 10.1 Å². The number of nitrogens with zero attached hydrogens (tertiary/aromatic N) is 5. The van der Waals surface area contributed by atoms with Gasteiger partial charge < -0.3 is 15.5 Å². The van der Waals surface area contributed by atoms with E-state index in [1.807, 2.05) is 18.2 Å². The highest BCUT2D eigenvalue weighted by molar-refractivity contribution is 7.93. The van der Waals surface area contributed by atoms with Crippen LogP contribution in [0.1, 0.15) is 30.4 Å². The Hall–Kier alpha value is -2.71. The third kappa shape index (κ3) is 3.95. The zero-order valence-electron chi connectivity index (χ0n) is 19.0. The molecule has 1 saturated heterocycles. The molecular formula is C25H30N6OS. The van der Waals surface area contributed by atoms with Crippen LogP contribution < -0.4 is 15.5 Å². The predicted octanol–water partition coefficient (Wildman–Crippen LogP) is 3.49. The van der Waals surface area contributed by atoms with Crippen molar-refractivity contribution < 1.29 is 4.21 Å².